The van der Waals surface area contributed by atoms with Crippen molar-refractivity contribution in [3.63, 3.8) is 0 Å². The second-order valence-corrected chi connectivity index (χ2v) is 6.76. The van der Waals surface area contributed by atoms with Crippen molar-refractivity contribution in [2.75, 3.05) is 23.0 Å². The lowest BCUT2D eigenvalue weighted by atomic mass is 10.1. The lowest BCUT2D eigenvalue weighted by Crippen LogP contribution is -2.27. The Bertz CT molecular complexity index is 394. The second-order valence-electron chi connectivity index (χ2n) is 4.28. The Morgan fingerprint density at radius 1 is 1.53 bits per heavy atom. The largest absolute Gasteiger partial charge is 0.368 e. The van der Waals surface area contributed by atoms with Gasteiger partial charge in [0.1, 0.15) is 16.6 Å². The molecule has 0 aromatic carbocycles. The van der Waals surface area contributed by atoms with E-state index in [0.29, 0.717) is 10.6 Å². The van der Waals surface area contributed by atoms with Gasteiger partial charge in [-0.05, 0) is 41.4 Å². The number of nitrogens with two attached hydrogens (primary N) is 1. The number of hydrazine groups is 1. The van der Waals surface area contributed by atoms with E-state index in [4.69, 9.17) is 5.84 Å². The maximum Gasteiger partial charge on any atom is 0.159 e. The van der Waals surface area contributed by atoms with Crippen molar-refractivity contribution in [3.8, 4) is 0 Å². The van der Waals surface area contributed by atoms with E-state index < -0.39 is 0 Å². The van der Waals surface area contributed by atoms with Crippen molar-refractivity contribution >= 4 is 39.3 Å². The Kier molecular flexibility index (Phi) is 4.11. The van der Waals surface area contributed by atoms with E-state index in [1.54, 1.807) is 0 Å². The summed E-state index contributed by atoms with van der Waals surface area (Å²) in [6, 6.07) is 0. The molecule has 0 spiro atoms. The summed E-state index contributed by atoms with van der Waals surface area (Å²) in [5, 5.41) is 3.36. The lowest BCUT2D eigenvalue weighted by molar-refractivity contribution is 0.633. The Labute approximate surface area is 113 Å². The number of hydrogen-bond acceptors (Lipinski definition) is 6. The molecule has 2 heterocycles. The van der Waals surface area contributed by atoms with Crippen LogP contribution in [0.15, 0.2) is 10.8 Å². The number of thioether (sulfide) groups is 1. The van der Waals surface area contributed by atoms with Crippen LogP contribution in [0.5, 0.6) is 0 Å². The summed E-state index contributed by atoms with van der Waals surface area (Å²) in [4.78, 5) is 8.22. The van der Waals surface area contributed by atoms with Gasteiger partial charge in [0, 0.05) is 11.3 Å². The summed E-state index contributed by atoms with van der Waals surface area (Å²) in [5.41, 5.74) is 2.53. The first kappa shape index (κ1) is 12.9. The van der Waals surface area contributed by atoms with Gasteiger partial charge in [-0.15, -0.1) is 0 Å². The molecular formula is C10H16BrN5S. The highest BCUT2D eigenvalue weighted by molar-refractivity contribution is 9.10. The van der Waals surface area contributed by atoms with Crippen LogP contribution in [0.4, 0.5) is 11.6 Å². The van der Waals surface area contributed by atoms with E-state index in [1.807, 2.05) is 11.8 Å². The Morgan fingerprint density at radius 2 is 2.29 bits per heavy atom. The summed E-state index contributed by atoms with van der Waals surface area (Å²) in [7, 11) is 0. The molecule has 0 saturated carbocycles. The van der Waals surface area contributed by atoms with Gasteiger partial charge in [-0.25, -0.2) is 15.8 Å². The van der Waals surface area contributed by atoms with Crippen LogP contribution in [-0.4, -0.2) is 27.0 Å². The zero-order chi connectivity index (χ0) is 12.3. The molecule has 1 aromatic rings. The molecule has 17 heavy (non-hydrogen) atoms. The summed E-state index contributed by atoms with van der Waals surface area (Å²) in [6.45, 7) is 3.19. The van der Waals surface area contributed by atoms with Gasteiger partial charge in [-0.3, -0.25) is 0 Å². The minimum atomic E-state index is 0.306. The molecule has 4 N–H and O–H groups in total. The lowest BCUT2D eigenvalue weighted by Gasteiger charge is -2.23. The topological polar surface area (TPSA) is 75.9 Å². The highest BCUT2D eigenvalue weighted by atomic mass is 79.9. The van der Waals surface area contributed by atoms with Crippen LogP contribution >= 0.6 is 27.7 Å². The molecule has 1 aliphatic heterocycles. The first-order chi connectivity index (χ1) is 8.14. The maximum atomic E-state index is 5.36. The first-order valence-corrected chi connectivity index (χ1v) is 7.27. The van der Waals surface area contributed by atoms with Crippen molar-refractivity contribution in [1.82, 2.24) is 9.97 Å². The average Bonchev–Trinajstić information content (AvgIpc) is 2.75. The van der Waals surface area contributed by atoms with E-state index >= 15 is 0 Å². The molecule has 0 radical (unpaired) electrons. The van der Waals surface area contributed by atoms with Gasteiger partial charge in [0.2, 0.25) is 0 Å². The van der Waals surface area contributed by atoms with Gasteiger partial charge in [0.05, 0.1) is 0 Å². The van der Waals surface area contributed by atoms with Crippen LogP contribution in [0.1, 0.15) is 19.8 Å². The predicted octanol–water partition coefficient (Wildman–Crippen LogP) is 2.22. The number of anilines is 2. The van der Waals surface area contributed by atoms with Crippen molar-refractivity contribution in [2.24, 2.45) is 5.84 Å². The van der Waals surface area contributed by atoms with Crippen LogP contribution in [0.25, 0.3) is 0 Å². The molecule has 7 heteroatoms. The van der Waals surface area contributed by atoms with Crippen LogP contribution in [0.3, 0.4) is 0 Å². The summed E-state index contributed by atoms with van der Waals surface area (Å²) >= 11 is 5.45. The third-order valence-electron chi connectivity index (χ3n) is 2.86. The highest BCUT2D eigenvalue weighted by Gasteiger charge is 2.29. The summed E-state index contributed by atoms with van der Waals surface area (Å²) in [6.07, 6.45) is 4.03. The van der Waals surface area contributed by atoms with Gasteiger partial charge in [0.25, 0.3) is 0 Å². The molecule has 2 rings (SSSR count). The van der Waals surface area contributed by atoms with Crippen LogP contribution < -0.4 is 16.6 Å². The Morgan fingerprint density at radius 3 is 2.94 bits per heavy atom. The summed E-state index contributed by atoms with van der Waals surface area (Å²) in [5.74, 6) is 7.98. The van der Waals surface area contributed by atoms with Crippen LogP contribution in [0, 0.1) is 0 Å². The third-order valence-corrected chi connectivity index (χ3v) is 5.15. The van der Waals surface area contributed by atoms with E-state index in [2.05, 4.69) is 43.6 Å². The molecule has 1 saturated heterocycles. The van der Waals surface area contributed by atoms with Crippen molar-refractivity contribution in [1.29, 1.82) is 0 Å². The molecule has 1 aliphatic rings. The molecule has 0 bridgehead atoms. The SMILES string of the molecule is CC1(CNc2ncnc(NN)c2Br)CCCS1. The molecule has 1 aromatic heterocycles. The number of nitrogens with one attached hydrogen (secondary N) is 2. The number of halogens is 1. The van der Waals surface area contributed by atoms with Crippen molar-refractivity contribution < 1.29 is 0 Å². The molecule has 5 nitrogen and oxygen atoms in total. The fourth-order valence-corrected chi connectivity index (χ4v) is 3.54. The summed E-state index contributed by atoms with van der Waals surface area (Å²) < 4.78 is 1.08. The van der Waals surface area contributed by atoms with E-state index in [-0.39, 0.29) is 0 Å². The molecule has 0 aliphatic carbocycles. The average molecular weight is 318 g/mol. The number of nitrogen functional groups attached to an aromatic ring is 1. The van der Waals surface area contributed by atoms with Crippen molar-refractivity contribution in [2.45, 2.75) is 24.5 Å². The smallest absolute Gasteiger partial charge is 0.159 e. The van der Waals surface area contributed by atoms with Crippen LogP contribution in [-0.2, 0) is 0 Å². The quantitative estimate of drug-likeness (QED) is 0.584. The highest BCUT2D eigenvalue weighted by Crippen LogP contribution is 2.38. The van der Waals surface area contributed by atoms with Gasteiger partial charge in [-0.1, -0.05) is 0 Å². The molecule has 1 atom stereocenters. The Balaban J connectivity index is 2.03. The minimum absolute atomic E-state index is 0.306. The van der Waals surface area contributed by atoms with Gasteiger partial charge < -0.3 is 10.7 Å². The van der Waals surface area contributed by atoms with Crippen LogP contribution in [0.2, 0.25) is 0 Å². The molecule has 1 fully saturated rings. The third kappa shape index (κ3) is 3.02. The number of hydrogen-bond donors (Lipinski definition) is 3. The monoisotopic (exact) mass is 317 g/mol. The molecular weight excluding hydrogens is 302 g/mol. The normalized spacial score (nSPS) is 23.7. The van der Waals surface area contributed by atoms with E-state index in [9.17, 15) is 0 Å². The number of rotatable bonds is 4. The fourth-order valence-electron chi connectivity index (χ4n) is 1.84. The standard InChI is InChI=1S/C10H16BrN5S/c1-10(3-2-4-17-10)5-13-8-7(11)9(16-12)15-6-14-8/h6H,2-5,12H2,1H3,(H2,13,14,15,16). The maximum absolute atomic E-state index is 5.36. The molecule has 94 valence electrons. The zero-order valence-corrected chi connectivity index (χ0v) is 12.1. The first-order valence-electron chi connectivity index (χ1n) is 5.49. The zero-order valence-electron chi connectivity index (χ0n) is 9.66. The van der Waals surface area contributed by atoms with Gasteiger partial charge in [-0.2, -0.15) is 11.8 Å². The molecule has 0 amide bonds. The van der Waals surface area contributed by atoms with Gasteiger partial charge >= 0.3 is 0 Å². The number of nitrogens with zero attached hydrogens (tertiary/aromatic N) is 2. The second kappa shape index (κ2) is 5.41. The fraction of sp³-hybridized carbons (Fsp3) is 0.600. The van der Waals surface area contributed by atoms with E-state index in [1.165, 1.54) is 24.9 Å². The molecule has 1 unspecified atom stereocenters. The number of aromatic nitrogens is 2. The Hall–Kier alpha value is -0.530. The van der Waals surface area contributed by atoms with Gasteiger partial charge in [0.15, 0.2) is 5.82 Å². The van der Waals surface area contributed by atoms with Crippen molar-refractivity contribution in [3.05, 3.63) is 10.8 Å². The van der Waals surface area contributed by atoms with E-state index in [0.717, 1.165) is 16.8 Å². The minimum Gasteiger partial charge on any atom is -0.368 e. The predicted molar refractivity (Wildman–Crippen MR) is 76.1 cm³/mol.